The van der Waals surface area contributed by atoms with Crippen LogP contribution in [0.15, 0.2) is 24.3 Å². The SMILES string of the molecule is O=C(O)c1cccc(O)c1.[Zn]. The first kappa shape index (κ1) is 10.1. The van der Waals surface area contributed by atoms with Crippen LogP contribution in [0.3, 0.4) is 0 Å². The van der Waals surface area contributed by atoms with Crippen LogP contribution in [0.25, 0.3) is 0 Å². The molecule has 54 valence electrons. The predicted octanol–water partition coefficient (Wildman–Crippen LogP) is 1.09. The minimum absolute atomic E-state index is 0. The summed E-state index contributed by atoms with van der Waals surface area (Å²) in [5.74, 6) is -1.06. The Kier molecular flexibility index (Phi) is 3.76. The Hall–Kier alpha value is -0.887. The molecule has 11 heavy (non-hydrogen) atoms. The Balaban J connectivity index is 0.000001000. The number of phenols is 1. The Morgan fingerprint density at radius 3 is 2.36 bits per heavy atom. The van der Waals surface area contributed by atoms with Crippen LogP contribution in [0.2, 0.25) is 0 Å². The summed E-state index contributed by atoms with van der Waals surface area (Å²) >= 11 is 0. The molecule has 0 aromatic heterocycles. The second-order valence-electron chi connectivity index (χ2n) is 1.86. The summed E-state index contributed by atoms with van der Waals surface area (Å²) in [6.07, 6.45) is 0. The smallest absolute Gasteiger partial charge is 0.335 e. The average Bonchev–Trinajstić information content (AvgIpc) is 1.88. The van der Waals surface area contributed by atoms with Crippen LogP contribution >= 0.6 is 0 Å². The molecule has 0 amide bonds. The maximum absolute atomic E-state index is 10.2. The molecule has 0 heterocycles. The van der Waals surface area contributed by atoms with Crippen molar-refractivity contribution in [2.24, 2.45) is 0 Å². The Bertz CT molecular complexity index is 260. The van der Waals surface area contributed by atoms with E-state index in [0.717, 1.165) is 0 Å². The van der Waals surface area contributed by atoms with E-state index in [9.17, 15) is 4.79 Å². The van der Waals surface area contributed by atoms with E-state index in [1.807, 2.05) is 0 Å². The Morgan fingerprint density at radius 2 is 2.00 bits per heavy atom. The molecule has 0 fully saturated rings. The third kappa shape index (κ3) is 2.68. The van der Waals surface area contributed by atoms with Gasteiger partial charge in [-0.25, -0.2) is 4.79 Å². The van der Waals surface area contributed by atoms with Gasteiger partial charge in [-0.1, -0.05) is 6.07 Å². The summed E-state index contributed by atoms with van der Waals surface area (Å²) in [7, 11) is 0. The number of aromatic hydroxyl groups is 1. The molecule has 0 aliphatic heterocycles. The van der Waals surface area contributed by atoms with Crippen LogP contribution in [-0.2, 0) is 19.5 Å². The molecule has 0 atom stereocenters. The molecule has 2 N–H and O–H groups in total. The molecule has 1 aromatic rings. The van der Waals surface area contributed by atoms with Crippen LogP contribution in [0.1, 0.15) is 10.4 Å². The van der Waals surface area contributed by atoms with Gasteiger partial charge in [-0.05, 0) is 18.2 Å². The number of carboxylic acids is 1. The van der Waals surface area contributed by atoms with Crippen molar-refractivity contribution in [1.82, 2.24) is 0 Å². The van der Waals surface area contributed by atoms with E-state index < -0.39 is 5.97 Å². The van der Waals surface area contributed by atoms with Gasteiger partial charge in [0, 0.05) is 19.5 Å². The van der Waals surface area contributed by atoms with E-state index >= 15 is 0 Å². The molecular weight excluding hydrogens is 197 g/mol. The quantitative estimate of drug-likeness (QED) is 0.672. The Labute approximate surface area is 76.4 Å². The molecule has 0 unspecified atom stereocenters. The average molecular weight is 204 g/mol. The molecular formula is C7H6O3Zn. The van der Waals surface area contributed by atoms with Crippen LogP contribution < -0.4 is 0 Å². The van der Waals surface area contributed by atoms with Crippen LogP contribution in [-0.4, -0.2) is 16.2 Å². The van der Waals surface area contributed by atoms with Gasteiger partial charge in [0.05, 0.1) is 5.56 Å². The van der Waals surface area contributed by atoms with Gasteiger partial charge in [0.1, 0.15) is 5.75 Å². The van der Waals surface area contributed by atoms with E-state index in [1.165, 1.54) is 24.3 Å². The van der Waals surface area contributed by atoms with E-state index in [4.69, 9.17) is 10.2 Å². The van der Waals surface area contributed by atoms with Gasteiger partial charge >= 0.3 is 5.97 Å². The maximum Gasteiger partial charge on any atom is 0.335 e. The molecule has 3 nitrogen and oxygen atoms in total. The number of carboxylic acid groups (broad SMARTS) is 1. The summed E-state index contributed by atoms with van der Waals surface area (Å²) in [5, 5.41) is 17.2. The fraction of sp³-hybridized carbons (Fsp3) is 0. The molecule has 1 aromatic carbocycles. The fourth-order valence-corrected chi connectivity index (χ4v) is 0.639. The fourth-order valence-electron chi connectivity index (χ4n) is 0.639. The van der Waals surface area contributed by atoms with Gasteiger partial charge in [0.2, 0.25) is 0 Å². The van der Waals surface area contributed by atoms with Crippen molar-refractivity contribution in [2.45, 2.75) is 0 Å². The van der Waals surface area contributed by atoms with Gasteiger partial charge in [0.15, 0.2) is 0 Å². The molecule has 0 aliphatic carbocycles. The van der Waals surface area contributed by atoms with E-state index in [-0.39, 0.29) is 30.8 Å². The third-order valence-corrected chi connectivity index (χ3v) is 1.09. The van der Waals surface area contributed by atoms with E-state index in [0.29, 0.717) is 0 Å². The van der Waals surface area contributed by atoms with Crippen molar-refractivity contribution in [3.63, 3.8) is 0 Å². The zero-order chi connectivity index (χ0) is 7.56. The first-order valence-electron chi connectivity index (χ1n) is 2.72. The number of hydrogen-bond acceptors (Lipinski definition) is 2. The monoisotopic (exact) mass is 202 g/mol. The summed E-state index contributed by atoms with van der Waals surface area (Å²) in [5.41, 5.74) is 0.0972. The number of rotatable bonds is 1. The number of aromatic carboxylic acids is 1. The predicted molar refractivity (Wildman–Crippen MR) is 35.1 cm³/mol. The molecule has 0 aliphatic rings. The second kappa shape index (κ2) is 4.09. The van der Waals surface area contributed by atoms with Gasteiger partial charge in [0.25, 0.3) is 0 Å². The second-order valence-corrected chi connectivity index (χ2v) is 1.86. The van der Waals surface area contributed by atoms with Crippen molar-refractivity contribution in [3.05, 3.63) is 29.8 Å². The molecule has 0 saturated heterocycles. The third-order valence-electron chi connectivity index (χ3n) is 1.09. The largest absolute Gasteiger partial charge is 0.508 e. The molecule has 0 saturated carbocycles. The topological polar surface area (TPSA) is 57.5 Å². The van der Waals surface area contributed by atoms with Gasteiger partial charge in [-0.3, -0.25) is 0 Å². The molecule has 4 heteroatoms. The zero-order valence-corrected chi connectivity index (χ0v) is 8.79. The first-order chi connectivity index (χ1) is 4.70. The van der Waals surface area contributed by atoms with Gasteiger partial charge in [-0.15, -0.1) is 0 Å². The number of carbonyl (C=O) groups is 1. The number of benzene rings is 1. The number of phenolic OH excluding ortho intramolecular Hbond substituents is 1. The van der Waals surface area contributed by atoms with Crippen molar-refractivity contribution >= 4 is 5.97 Å². The zero-order valence-electron chi connectivity index (χ0n) is 5.82. The summed E-state index contributed by atoms with van der Waals surface area (Å²) < 4.78 is 0. The minimum atomic E-state index is -1.03. The van der Waals surface area contributed by atoms with Crippen molar-refractivity contribution < 1.29 is 34.5 Å². The molecule has 0 radical (unpaired) electrons. The normalized spacial score (nSPS) is 8.36. The van der Waals surface area contributed by atoms with Crippen LogP contribution in [0, 0.1) is 0 Å². The van der Waals surface area contributed by atoms with Gasteiger partial charge in [-0.2, -0.15) is 0 Å². The summed E-state index contributed by atoms with van der Waals surface area (Å²) in [6.45, 7) is 0. The van der Waals surface area contributed by atoms with Crippen molar-refractivity contribution in [1.29, 1.82) is 0 Å². The first-order valence-corrected chi connectivity index (χ1v) is 2.72. The number of hydrogen-bond donors (Lipinski definition) is 2. The summed E-state index contributed by atoms with van der Waals surface area (Å²) in [6, 6.07) is 5.52. The van der Waals surface area contributed by atoms with Crippen molar-refractivity contribution in [2.75, 3.05) is 0 Å². The van der Waals surface area contributed by atoms with E-state index in [1.54, 1.807) is 0 Å². The van der Waals surface area contributed by atoms with Crippen LogP contribution in [0.5, 0.6) is 5.75 Å². The van der Waals surface area contributed by atoms with Crippen molar-refractivity contribution in [3.8, 4) is 5.75 Å². The molecule has 0 spiro atoms. The van der Waals surface area contributed by atoms with Crippen LogP contribution in [0.4, 0.5) is 0 Å². The Morgan fingerprint density at radius 1 is 1.36 bits per heavy atom. The summed E-state index contributed by atoms with van der Waals surface area (Å²) in [4.78, 5) is 10.2. The minimum Gasteiger partial charge on any atom is -0.508 e. The molecule has 1 rings (SSSR count). The molecule has 0 bridgehead atoms. The standard InChI is InChI=1S/C7H6O3.Zn/c8-6-3-1-2-5(4-6)7(9)10;/h1-4,8H,(H,9,10);. The van der Waals surface area contributed by atoms with Gasteiger partial charge < -0.3 is 10.2 Å². The maximum atomic E-state index is 10.2. The van der Waals surface area contributed by atoms with E-state index in [2.05, 4.69) is 0 Å².